The lowest BCUT2D eigenvalue weighted by Gasteiger charge is -2.36. The third kappa shape index (κ3) is 5.61. The molecule has 1 aromatic carbocycles. The van der Waals surface area contributed by atoms with Crippen LogP contribution < -0.4 is 10.2 Å². The summed E-state index contributed by atoms with van der Waals surface area (Å²) in [4.78, 5) is 39.8. The summed E-state index contributed by atoms with van der Waals surface area (Å²) in [7, 11) is 0. The van der Waals surface area contributed by atoms with Crippen molar-refractivity contribution in [3.63, 3.8) is 0 Å². The molecule has 1 saturated heterocycles. The first-order valence-corrected chi connectivity index (χ1v) is 11.8. The molecule has 3 heterocycles. The minimum atomic E-state index is -0.511. The van der Waals surface area contributed by atoms with Crippen LogP contribution in [0.5, 0.6) is 0 Å². The van der Waals surface area contributed by atoms with Gasteiger partial charge in [-0.1, -0.05) is 0 Å². The maximum absolute atomic E-state index is 14.6. The summed E-state index contributed by atoms with van der Waals surface area (Å²) in [6.07, 6.45) is 2.79. The maximum atomic E-state index is 14.6. The smallest absolute Gasteiger partial charge is 0.303 e. The summed E-state index contributed by atoms with van der Waals surface area (Å²) in [6, 6.07) is 7.86. The maximum Gasteiger partial charge on any atom is 0.303 e. The molecule has 11 heteroatoms. The third-order valence-electron chi connectivity index (χ3n) is 6.00. The zero-order valence-corrected chi connectivity index (χ0v) is 20.9. The van der Waals surface area contributed by atoms with E-state index in [2.05, 4.69) is 25.2 Å². The number of imidazole rings is 1. The van der Waals surface area contributed by atoms with Gasteiger partial charge in [-0.25, -0.2) is 19.3 Å². The summed E-state index contributed by atoms with van der Waals surface area (Å²) in [5.74, 6) is -0.0843. The number of anilines is 3. The molecule has 1 aliphatic heterocycles. The number of hydrogen-bond donors (Lipinski definition) is 1. The summed E-state index contributed by atoms with van der Waals surface area (Å²) < 4.78 is 21.4. The van der Waals surface area contributed by atoms with Crippen molar-refractivity contribution in [3.05, 3.63) is 48.3 Å². The summed E-state index contributed by atoms with van der Waals surface area (Å²) in [5.41, 5.74) is 2.58. The van der Waals surface area contributed by atoms with Crippen molar-refractivity contribution in [2.45, 2.75) is 33.7 Å². The number of aromatic nitrogens is 4. The van der Waals surface area contributed by atoms with Crippen LogP contribution in [-0.4, -0.2) is 69.1 Å². The minimum absolute atomic E-state index is 0.106. The van der Waals surface area contributed by atoms with Gasteiger partial charge >= 0.3 is 5.97 Å². The Morgan fingerprint density at radius 1 is 1.08 bits per heavy atom. The van der Waals surface area contributed by atoms with Crippen LogP contribution in [-0.2, 0) is 14.3 Å². The van der Waals surface area contributed by atoms with Gasteiger partial charge in [0.25, 0.3) is 5.91 Å². The zero-order chi connectivity index (χ0) is 25.8. The van der Waals surface area contributed by atoms with Crippen LogP contribution in [0.3, 0.4) is 0 Å². The normalized spacial score (nSPS) is 13.7. The molecule has 1 N–H and O–H groups in total. The fourth-order valence-corrected chi connectivity index (χ4v) is 4.24. The standard InChI is InChI=1S/C25H30FN7O3/c1-16(2)33-17(3)27-14-22(33)24-21(26)13-28-25(30-24)29-19-5-7-20(8-6-19)31-9-11-32(12-10-31)23(35)15-36-18(4)34/h5-8,13-14,16H,9-12,15H2,1-4H3,(H,28,29,30). The number of ether oxygens (including phenoxy) is 1. The molecular weight excluding hydrogens is 465 g/mol. The molecule has 10 nitrogen and oxygen atoms in total. The predicted molar refractivity (Wildman–Crippen MR) is 133 cm³/mol. The fourth-order valence-electron chi connectivity index (χ4n) is 4.24. The summed E-state index contributed by atoms with van der Waals surface area (Å²) in [6.45, 7) is 9.42. The zero-order valence-electron chi connectivity index (χ0n) is 20.9. The number of piperazine rings is 1. The Hall–Kier alpha value is -4.02. The molecule has 0 bridgehead atoms. The van der Waals surface area contributed by atoms with E-state index in [1.165, 1.54) is 6.92 Å². The molecule has 3 aromatic rings. The van der Waals surface area contributed by atoms with Gasteiger partial charge < -0.3 is 24.4 Å². The quantitative estimate of drug-likeness (QED) is 0.498. The van der Waals surface area contributed by atoms with Crippen LogP contribution in [0.2, 0.25) is 0 Å². The topological polar surface area (TPSA) is 105 Å². The average Bonchev–Trinajstić information content (AvgIpc) is 3.25. The van der Waals surface area contributed by atoms with E-state index in [0.29, 0.717) is 31.9 Å². The number of nitrogens with zero attached hydrogens (tertiary/aromatic N) is 6. The molecule has 0 radical (unpaired) electrons. The van der Waals surface area contributed by atoms with Gasteiger partial charge in [-0.3, -0.25) is 9.59 Å². The Labute approximate surface area is 209 Å². The number of carbonyl (C=O) groups excluding carboxylic acids is 2. The average molecular weight is 496 g/mol. The number of benzene rings is 1. The number of esters is 1. The van der Waals surface area contributed by atoms with Crippen molar-refractivity contribution >= 4 is 29.2 Å². The van der Waals surface area contributed by atoms with Gasteiger partial charge in [0, 0.05) is 50.5 Å². The Bertz CT molecular complexity index is 1230. The molecule has 0 atom stereocenters. The predicted octanol–water partition coefficient (Wildman–Crippen LogP) is 3.32. The minimum Gasteiger partial charge on any atom is -0.456 e. The highest BCUT2D eigenvalue weighted by Gasteiger charge is 2.22. The second-order valence-corrected chi connectivity index (χ2v) is 8.86. The van der Waals surface area contributed by atoms with E-state index in [1.807, 2.05) is 49.6 Å². The van der Waals surface area contributed by atoms with E-state index in [1.54, 1.807) is 11.1 Å². The molecule has 0 spiro atoms. The number of nitrogens with one attached hydrogen (secondary N) is 1. The molecule has 36 heavy (non-hydrogen) atoms. The number of rotatable bonds is 7. The first-order chi connectivity index (χ1) is 17.2. The molecule has 0 unspecified atom stereocenters. The Kier molecular flexibility index (Phi) is 7.47. The lowest BCUT2D eigenvalue weighted by atomic mass is 10.2. The second-order valence-electron chi connectivity index (χ2n) is 8.86. The first-order valence-electron chi connectivity index (χ1n) is 11.8. The highest BCUT2D eigenvalue weighted by molar-refractivity contribution is 5.80. The Balaban J connectivity index is 1.40. The highest BCUT2D eigenvalue weighted by atomic mass is 19.1. The SMILES string of the molecule is CC(=O)OCC(=O)N1CCN(c2ccc(Nc3ncc(F)c(-c4cnc(C)n4C(C)C)n3)cc2)CC1. The summed E-state index contributed by atoms with van der Waals surface area (Å²) >= 11 is 0. The number of halogens is 1. The first kappa shape index (κ1) is 25.1. The van der Waals surface area contributed by atoms with E-state index < -0.39 is 11.8 Å². The van der Waals surface area contributed by atoms with Crippen LogP contribution in [0.4, 0.5) is 21.7 Å². The molecule has 2 aromatic heterocycles. The fraction of sp³-hybridized carbons (Fsp3) is 0.400. The largest absolute Gasteiger partial charge is 0.456 e. The number of hydrogen-bond acceptors (Lipinski definition) is 8. The van der Waals surface area contributed by atoms with Crippen LogP contribution in [0.15, 0.2) is 36.7 Å². The Morgan fingerprint density at radius 2 is 1.78 bits per heavy atom. The number of aryl methyl sites for hydroxylation is 1. The van der Waals surface area contributed by atoms with Crippen molar-refractivity contribution in [1.29, 1.82) is 0 Å². The van der Waals surface area contributed by atoms with Gasteiger partial charge in [-0.2, -0.15) is 0 Å². The van der Waals surface area contributed by atoms with Gasteiger partial charge in [0.05, 0.1) is 18.1 Å². The van der Waals surface area contributed by atoms with Gasteiger partial charge in [0.15, 0.2) is 12.4 Å². The lowest BCUT2D eigenvalue weighted by Crippen LogP contribution is -2.49. The van der Waals surface area contributed by atoms with Crippen LogP contribution in [0, 0.1) is 12.7 Å². The second kappa shape index (κ2) is 10.7. The summed E-state index contributed by atoms with van der Waals surface area (Å²) in [5, 5.41) is 3.14. The van der Waals surface area contributed by atoms with Crippen LogP contribution in [0.25, 0.3) is 11.4 Å². The Morgan fingerprint density at radius 3 is 2.42 bits per heavy atom. The number of carbonyl (C=O) groups is 2. The van der Waals surface area contributed by atoms with Crippen molar-refractivity contribution in [2.75, 3.05) is 43.0 Å². The number of amides is 1. The molecule has 1 aliphatic rings. The third-order valence-corrected chi connectivity index (χ3v) is 6.00. The molecule has 0 saturated carbocycles. The molecule has 190 valence electrons. The van der Waals surface area contributed by atoms with E-state index in [0.717, 1.165) is 23.4 Å². The molecular formula is C25H30FN7O3. The van der Waals surface area contributed by atoms with Crippen molar-refractivity contribution in [3.8, 4) is 11.4 Å². The molecule has 0 aliphatic carbocycles. The van der Waals surface area contributed by atoms with Crippen LogP contribution >= 0.6 is 0 Å². The molecule has 1 fully saturated rings. The monoisotopic (exact) mass is 495 g/mol. The van der Waals surface area contributed by atoms with E-state index in [4.69, 9.17) is 4.74 Å². The van der Waals surface area contributed by atoms with Gasteiger partial charge in [-0.05, 0) is 45.0 Å². The van der Waals surface area contributed by atoms with E-state index in [-0.39, 0.29) is 30.2 Å². The van der Waals surface area contributed by atoms with Gasteiger partial charge in [0.1, 0.15) is 11.5 Å². The molecule has 1 amide bonds. The van der Waals surface area contributed by atoms with Crippen molar-refractivity contribution in [2.24, 2.45) is 0 Å². The molecule has 4 rings (SSSR count). The van der Waals surface area contributed by atoms with E-state index in [9.17, 15) is 14.0 Å². The van der Waals surface area contributed by atoms with E-state index >= 15 is 0 Å². The van der Waals surface area contributed by atoms with Gasteiger partial charge in [0.2, 0.25) is 5.95 Å². The van der Waals surface area contributed by atoms with Crippen LogP contribution in [0.1, 0.15) is 32.6 Å². The highest BCUT2D eigenvalue weighted by Crippen LogP contribution is 2.27. The van der Waals surface area contributed by atoms with Crippen molar-refractivity contribution in [1.82, 2.24) is 24.4 Å². The van der Waals surface area contributed by atoms with Gasteiger partial charge in [-0.15, -0.1) is 0 Å². The lowest BCUT2D eigenvalue weighted by molar-refractivity contribution is -0.150. The van der Waals surface area contributed by atoms with Crippen molar-refractivity contribution < 1.29 is 18.7 Å².